The summed E-state index contributed by atoms with van der Waals surface area (Å²) >= 11 is 0. The first-order valence-corrected chi connectivity index (χ1v) is 5.70. The number of allylic oxidation sites excluding steroid dienone is 2. The van der Waals surface area contributed by atoms with Gasteiger partial charge in [0.15, 0.2) is 0 Å². The molecule has 0 nitrogen and oxygen atoms in total. The Kier molecular flexibility index (Phi) is 112. The van der Waals surface area contributed by atoms with E-state index in [1.165, 1.54) is 0 Å². The third kappa shape index (κ3) is 176. The second-order valence-corrected chi connectivity index (χ2v) is 2.20. The molecule has 0 aromatic heterocycles. The molecule has 13 heavy (non-hydrogen) atoms. The summed E-state index contributed by atoms with van der Waals surface area (Å²) in [7, 11) is 0.725. The lowest BCUT2D eigenvalue weighted by molar-refractivity contribution is 1.50. The normalized spacial score (nSPS) is 4.92. The molecule has 78 valence electrons. The van der Waals surface area contributed by atoms with Crippen molar-refractivity contribution in [3.05, 3.63) is 50.1 Å². The van der Waals surface area contributed by atoms with Gasteiger partial charge in [0.25, 0.3) is 0 Å². The predicted molar refractivity (Wildman–Crippen MR) is 71.8 cm³/mol. The standard InChI is InChI=1S/C4H7P.C4H6.2C2H6/c1-3-5-4-2;1-3-4-2;2*1-2/h3-5H,1-2H2;3-4H,1-2H2;2*1-2H3. The summed E-state index contributed by atoms with van der Waals surface area (Å²) < 4.78 is 0. The maximum Gasteiger partial charge on any atom is -0.0666 e. The van der Waals surface area contributed by atoms with Gasteiger partial charge in [0.1, 0.15) is 0 Å². The van der Waals surface area contributed by atoms with E-state index in [1.54, 1.807) is 12.2 Å². The number of hydrogen-bond acceptors (Lipinski definition) is 0. The van der Waals surface area contributed by atoms with E-state index in [9.17, 15) is 0 Å². The van der Waals surface area contributed by atoms with Crippen molar-refractivity contribution in [1.82, 2.24) is 0 Å². The van der Waals surface area contributed by atoms with Crippen LogP contribution in [0.1, 0.15) is 27.7 Å². The van der Waals surface area contributed by atoms with Crippen LogP contribution in [0.4, 0.5) is 0 Å². The third-order valence-corrected chi connectivity index (χ3v) is 0.874. The molecular formula is C12H25P. The van der Waals surface area contributed by atoms with Gasteiger partial charge in [-0.15, -0.1) is 0 Å². The van der Waals surface area contributed by atoms with Gasteiger partial charge >= 0.3 is 0 Å². The Morgan fingerprint density at radius 2 is 0.923 bits per heavy atom. The summed E-state index contributed by atoms with van der Waals surface area (Å²) in [5.74, 6) is 3.68. The van der Waals surface area contributed by atoms with Crippen molar-refractivity contribution in [3.63, 3.8) is 0 Å². The van der Waals surface area contributed by atoms with Crippen LogP contribution < -0.4 is 0 Å². The van der Waals surface area contributed by atoms with E-state index in [0.717, 1.165) is 8.58 Å². The summed E-state index contributed by atoms with van der Waals surface area (Å²) in [5, 5.41) is 0. The zero-order valence-electron chi connectivity index (χ0n) is 9.64. The van der Waals surface area contributed by atoms with Gasteiger partial charge in [0.05, 0.1) is 0 Å². The quantitative estimate of drug-likeness (QED) is 0.425. The molecular weight excluding hydrogens is 175 g/mol. The Hall–Kier alpha value is -0.610. The fourth-order valence-electron chi connectivity index (χ4n) is 0.0833. The molecule has 0 saturated heterocycles. The van der Waals surface area contributed by atoms with Crippen LogP contribution in [0.15, 0.2) is 50.1 Å². The highest BCUT2D eigenvalue weighted by molar-refractivity contribution is 7.45. The van der Waals surface area contributed by atoms with E-state index in [1.807, 2.05) is 39.3 Å². The van der Waals surface area contributed by atoms with E-state index in [2.05, 4.69) is 26.3 Å². The summed E-state index contributed by atoms with van der Waals surface area (Å²) in [6, 6.07) is 0. The molecule has 0 aliphatic heterocycles. The summed E-state index contributed by atoms with van der Waals surface area (Å²) in [6.45, 7) is 21.7. The molecule has 0 aliphatic rings. The van der Waals surface area contributed by atoms with E-state index >= 15 is 0 Å². The third-order valence-electron chi connectivity index (χ3n) is 0.402. The van der Waals surface area contributed by atoms with Crippen LogP contribution in [0.2, 0.25) is 0 Å². The Labute approximate surface area is 86.9 Å². The fraction of sp³-hybridized carbons (Fsp3) is 0.333. The summed E-state index contributed by atoms with van der Waals surface area (Å²) in [6.07, 6.45) is 3.28. The molecule has 0 amide bonds. The molecule has 0 N–H and O–H groups in total. The van der Waals surface area contributed by atoms with Crippen molar-refractivity contribution in [3.8, 4) is 0 Å². The molecule has 0 fully saturated rings. The Balaban J connectivity index is -0.0000000457. The van der Waals surface area contributed by atoms with Crippen molar-refractivity contribution in [2.24, 2.45) is 0 Å². The molecule has 1 heteroatoms. The van der Waals surface area contributed by atoms with Crippen molar-refractivity contribution < 1.29 is 0 Å². The average Bonchev–Trinajstić information content (AvgIpc) is 2.25. The molecule has 0 aromatic rings. The lowest BCUT2D eigenvalue weighted by Crippen LogP contribution is -1.21. The Morgan fingerprint density at radius 1 is 0.692 bits per heavy atom. The van der Waals surface area contributed by atoms with Gasteiger partial charge in [-0.2, -0.15) is 0 Å². The van der Waals surface area contributed by atoms with E-state index in [0.29, 0.717) is 0 Å². The number of hydrogen-bond donors (Lipinski definition) is 0. The molecule has 0 radical (unpaired) electrons. The first kappa shape index (κ1) is 22.8. The van der Waals surface area contributed by atoms with Gasteiger partial charge < -0.3 is 0 Å². The molecule has 0 atom stereocenters. The average molecular weight is 200 g/mol. The zero-order chi connectivity index (χ0) is 11.5. The van der Waals surface area contributed by atoms with Gasteiger partial charge in [-0.1, -0.05) is 86.4 Å². The fourth-order valence-corrected chi connectivity index (χ4v) is 0.250. The van der Waals surface area contributed by atoms with Crippen LogP contribution in [0, 0.1) is 0 Å². The maximum absolute atomic E-state index is 3.49. The van der Waals surface area contributed by atoms with E-state index in [4.69, 9.17) is 0 Å². The van der Waals surface area contributed by atoms with E-state index in [-0.39, 0.29) is 0 Å². The van der Waals surface area contributed by atoms with Crippen LogP contribution >= 0.6 is 8.58 Å². The van der Waals surface area contributed by atoms with Crippen molar-refractivity contribution >= 4 is 8.58 Å². The van der Waals surface area contributed by atoms with Gasteiger partial charge in [0, 0.05) is 0 Å². The molecule has 0 spiro atoms. The highest BCUT2D eigenvalue weighted by Gasteiger charge is 1.51. The Bertz CT molecular complexity index is 81.3. The second-order valence-electron chi connectivity index (χ2n) is 1.05. The molecule has 0 bridgehead atoms. The van der Waals surface area contributed by atoms with Crippen molar-refractivity contribution in [1.29, 1.82) is 0 Å². The second kappa shape index (κ2) is 63.8. The number of rotatable bonds is 3. The molecule has 0 heterocycles. The van der Waals surface area contributed by atoms with Gasteiger partial charge in [-0.25, -0.2) is 0 Å². The highest BCUT2D eigenvalue weighted by atomic mass is 31.1. The molecule has 0 unspecified atom stereocenters. The van der Waals surface area contributed by atoms with Crippen LogP contribution in [0.5, 0.6) is 0 Å². The van der Waals surface area contributed by atoms with Crippen LogP contribution in [-0.2, 0) is 0 Å². The van der Waals surface area contributed by atoms with Crippen LogP contribution in [0.25, 0.3) is 0 Å². The Morgan fingerprint density at radius 3 is 0.923 bits per heavy atom. The summed E-state index contributed by atoms with van der Waals surface area (Å²) in [5.41, 5.74) is 0. The maximum atomic E-state index is 3.49. The zero-order valence-corrected chi connectivity index (χ0v) is 10.6. The lowest BCUT2D eigenvalue weighted by Gasteiger charge is -1.65. The van der Waals surface area contributed by atoms with E-state index < -0.39 is 0 Å². The van der Waals surface area contributed by atoms with Gasteiger partial charge in [0.2, 0.25) is 0 Å². The van der Waals surface area contributed by atoms with Crippen molar-refractivity contribution in [2.75, 3.05) is 0 Å². The lowest BCUT2D eigenvalue weighted by atomic mass is 10.6. The van der Waals surface area contributed by atoms with Crippen LogP contribution in [0.3, 0.4) is 0 Å². The summed E-state index contributed by atoms with van der Waals surface area (Å²) in [4.78, 5) is 0. The largest absolute Gasteiger partial charge is 0.0991 e. The molecule has 0 aliphatic carbocycles. The minimum absolute atomic E-state index is 0.725. The smallest absolute Gasteiger partial charge is 0.0666 e. The molecule has 0 aromatic carbocycles. The minimum atomic E-state index is 0.725. The van der Waals surface area contributed by atoms with Crippen molar-refractivity contribution in [2.45, 2.75) is 27.7 Å². The van der Waals surface area contributed by atoms with Gasteiger partial charge in [-0.05, 0) is 0 Å². The monoisotopic (exact) mass is 200 g/mol. The topological polar surface area (TPSA) is 0 Å². The minimum Gasteiger partial charge on any atom is -0.0991 e. The SMILES string of the molecule is C=CC=C.C=CPC=C.CC.CC. The predicted octanol–water partition coefficient (Wildman–Crippen LogP) is 5.36. The molecule has 0 rings (SSSR count). The highest BCUT2D eigenvalue weighted by Crippen LogP contribution is 2.07. The van der Waals surface area contributed by atoms with Gasteiger partial charge in [-0.3, -0.25) is 0 Å². The van der Waals surface area contributed by atoms with Crippen LogP contribution in [-0.4, -0.2) is 0 Å². The molecule has 0 saturated carbocycles. The first-order chi connectivity index (χ1) is 6.33. The first-order valence-electron chi connectivity index (χ1n) is 4.54.